The molecule has 6 heteroatoms. The number of halogens is 2. The molecule has 3 nitrogen and oxygen atoms in total. The Hall–Kier alpha value is -1.10. The van der Waals surface area contributed by atoms with Crippen LogP contribution in [0.25, 0.3) is 5.69 Å². The minimum atomic E-state index is -0.945. The maximum absolute atomic E-state index is 5.80. The molecule has 1 aromatic carbocycles. The van der Waals surface area contributed by atoms with Crippen molar-refractivity contribution in [3.8, 4) is 11.4 Å². The third-order valence-electron chi connectivity index (χ3n) is 3.20. The minimum Gasteiger partial charge on any atom is -0.492 e. The summed E-state index contributed by atoms with van der Waals surface area (Å²) in [7, 11) is -0.945. The van der Waals surface area contributed by atoms with Crippen molar-refractivity contribution in [2.24, 2.45) is 0 Å². The van der Waals surface area contributed by atoms with Crippen molar-refractivity contribution < 1.29 is 4.74 Å². The molecule has 0 aliphatic carbocycles. The van der Waals surface area contributed by atoms with Crippen LogP contribution in [0.2, 0.25) is 25.7 Å². The summed E-state index contributed by atoms with van der Waals surface area (Å²) in [4.78, 5) is 0. The first-order valence-corrected chi connectivity index (χ1v) is 10.8. The monoisotopic (exact) mass is 360 g/mol. The number of rotatable bonds is 6. The highest BCUT2D eigenvalue weighted by Crippen LogP contribution is 2.18. The molecule has 2 N–H and O–H groups in total. The SMILES string of the molecule is C[Si](C)(C)CCCOc1ccn(-c2ccc(N)cc2)c1.Cl.Cl. The molecule has 0 saturated heterocycles. The smallest absolute Gasteiger partial charge is 0.137 e. The van der Waals surface area contributed by atoms with Gasteiger partial charge < -0.3 is 15.0 Å². The third-order valence-corrected chi connectivity index (χ3v) is 5.05. The largest absolute Gasteiger partial charge is 0.492 e. The van der Waals surface area contributed by atoms with Crippen LogP contribution >= 0.6 is 24.8 Å². The number of anilines is 1. The second-order valence-electron chi connectivity index (χ2n) is 6.36. The Morgan fingerprint density at radius 2 is 1.68 bits per heavy atom. The van der Waals surface area contributed by atoms with E-state index in [0.29, 0.717) is 0 Å². The number of aromatic nitrogens is 1. The van der Waals surface area contributed by atoms with Crippen LogP contribution in [-0.4, -0.2) is 19.2 Å². The van der Waals surface area contributed by atoms with Gasteiger partial charge >= 0.3 is 0 Å². The first kappa shape index (κ1) is 20.9. The third kappa shape index (κ3) is 6.77. The molecule has 0 aliphatic rings. The standard InChI is InChI=1S/C16H24N2OSi.2ClH/c1-20(2,3)12-4-11-19-16-9-10-18(13-16)15-7-5-14(17)6-8-15;;/h5-10,13H,4,11-12,17H2,1-3H3;2*1H. The summed E-state index contributed by atoms with van der Waals surface area (Å²) in [6.07, 6.45) is 5.17. The normalized spacial score (nSPS) is 10.5. The fraction of sp³-hybridized carbons (Fsp3) is 0.375. The average Bonchev–Trinajstić information content (AvgIpc) is 2.83. The number of hydrogen-bond acceptors (Lipinski definition) is 2. The molecule has 124 valence electrons. The van der Waals surface area contributed by atoms with E-state index in [2.05, 4.69) is 19.6 Å². The van der Waals surface area contributed by atoms with Gasteiger partial charge in [-0.1, -0.05) is 25.7 Å². The Kier molecular flexibility index (Phi) is 8.67. The van der Waals surface area contributed by atoms with E-state index in [4.69, 9.17) is 10.5 Å². The van der Waals surface area contributed by atoms with Gasteiger partial charge in [-0.05, 0) is 36.8 Å². The van der Waals surface area contributed by atoms with E-state index in [1.807, 2.05) is 47.3 Å². The van der Waals surface area contributed by atoms with Gasteiger partial charge in [0.1, 0.15) is 5.75 Å². The van der Waals surface area contributed by atoms with E-state index in [0.717, 1.165) is 30.2 Å². The lowest BCUT2D eigenvalue weighted by Crippen LogP contribution is -2.19. The molecule has 2 rings (SSSR count). The van der Waals surface area contributed by atoms with Crippen LogP contribution in [0.1, 0.15) is 6.42 Å². The molecule has 0 atom stereocenters. The van der Waals surface area contributed by atoms with Crippen LogP contribution in [0.4, 0.5) is 5.69 Å². The first-order valence-electron chi connectivity index (χ1n) is 7.11. The van der Waals surface area contributed by atoms with Crippen molar-refractivity contribution in [2.75, 3.05) is 12.3 Å². The van der Waals surface area contributed by atoms with Gasteiger partial charge in [-0.3, -0.25) is 0 Å². The first-order chi connectivity index (χ1) is 9.44. The zero-order chi connectivity index (χ0) is 14.6. The van der Waals surface area contributed by atoms with Crippen LogP contribution in [0.15, 0.2) is 42.7 Å². The predicted molar refractivity (Wildman–Crippen MR) is 103 cm³/mol. The van der Waals surface area contributed by atoms with E-state index in [9.17, 15) is 0 Å². The lowest BCUT2D eigenvalue weighted by Gasteiger charge is -2.15. The van der Waals surface area contributed by atoms with Crippen LogP contribution in [-0.2, 0) is 0 Å². The van der Waals surface area contributed by atoms with Gasteiger partial charge in [-0.15, -0.1) is 24.8 Å². The van der Waals surface area contributed by atoms with E-state index in [-0.39, 0.29) is 24.8 Å². The molecule has 1 aromatic heterocycles. The molecule has 2 aromatic rings. The molecule has 0 bridgehead atoms. The summed E-state index contributed by atoms with van der Waals surface area (Å²) in [5.74, 6) is 0.928. The number of nitrogens with zero attached hydrogens (tertiary/aromatic N) is 1. The zero-order valence-electron chi connectivity index (χ0n) is 13.4. The van der Waals surface area contributed by atoms with Crippen molar-refractivity contribution in [2.45, 2.75) is 32.1 Å². The number of hydrogen-bond donors (Lipinski definition) is 1. The van der Waals surface area contributed by atoms with Crippen molar-refractivity contribution in [1.29, 1.82) is 0 Å². The number of nitrogen functional groups attached to an aromatic ring is 1. The van der Waals surface area contributed by atoms with Gasteiger partial charge in [-0.25, -0.2) is 0 Å². The fourth-order valence-corrected chi connectivity index (χ4v) is 3.27. The molecule has 0 saturated carbocycles. The van der Waals surface area contributed by atoms with Gasteiger partial charge in [0.15, 0.2) is 0 Å². The Morgan fingerprint density at radius 3 is 2.27 bits per heavy atom. The summed E-state index contributed by atoms with van der Waals surface area (Å²) in [6, 6.07) is 11.1. The van der Waals surface area contributed by atoms with Crippen LogP contribution < -0.4 is 10.5 Å². The molecule has 0 fully saturated rings. The lowest BCUT2D eigenvalue weighted by atomic mass is 10.3. The Bertz CT molecular complexity index is 550. The van der Waals surface area contributed by atoms with Gasteiger partial charge in [0, 0.05) is 25.6 Å². The fourth-order valence-electron chi connectivity index (χ4n) is 2.06. The topological polar surface area (TPSA) is 40.2 Å². The van der Waals surface area contributed by atoms with Crippen molar-refractivity contribution in [3.63, 3.8) is 0 Å². The Labute approximate surface area is 146 Å². The van der Waals surface area contributed by atoms with Gasteiger partial charge in [-0.2, -0.15) is 0 Å². The van der Waals surface area contributed by atoms with Gasteiger partial charge in [0.05, 0.1) is 12.8 Å². The van der Waals surface area contributed by atoms with E-state index in [1.54, 1.807) is 0 Å². The highest BCUT2D eigenvalue weighted by Gasteiger charge is 2.11. The average molecular weight is 361 g/mol. The molecule has 0 spiro atoms. The number of nitrogens with two attached hydrogens (primary N) is 1. The lowest BCUT2D eigenvalue weighted by molar-refractivity contribution is 0.317. The van der Waals surface area contributed by atoms with Crippen LogP contribution in [0.3, 0.4) is 0 Å². The summed E-state index contributed by atoms with van der Waals surface area (Å²) in [5.41, 5.74) is 7.57. The molecular weight excluding hydrogens is 335 g/mol. The quantitative estimate of drug-likeness (QED) is 0.446. The maximum Gasteiger partial charge on any atom is 0.137 e. The molecule has 22 heavy (non-hydrogen) atoms. The second kappa shape index (κ2) is 9.13. The zero-order valence-corrected chi connectivity index (χ0v) is 16.0. The molecular formula is C16H26Cl2N2OSi. The summed E-state index contributed by atoms with van der Waals surface area (Å²) < 4.78 is 7.85. The van der Waals surface area contributed by atoms with E-state index >= 15 is 0 Å². The van der Waals surface area contributed by atoms with Crippen LogP contribution in [0.5, 0.6) is 5.75 Å². The highest BCUT2D eigenvalue weighted by atomic mass is 35.5. The molecule has 1 heterocycles. The second-order valence-corrected chi connectivity index (χ2v) is 12.0. The number of benzene rings is 1. The van der Waals surface area contributed by atoms with E-state index in [1.165, 1.54) is 6.04 Å². The van der Waals surface area contributed by atoms with Crippen molar-refractivity contribution in [3.05, 3.63) is 42.7 Å². The predicted octanol–water partition coefficient (Wildman–Crippen LogP) is 5.01. The van der Waals surface area contributed by atoms with Gasteiger partial charge in [0.25, 0.3) is 0 Å². The van der Waals surface area contributed by atoms with Crippen LogP contribution in [0, 0.1) is 0 Å². The summed E-state index contributed by atoms with van der Waals surface area (Å²) in [5, 5.41) is 0. The van der Waals surface area contributed by atoms with Gasteiger partial charge in [0.2, 0.25) is 0 Å². The molecule has 0 aliphatic heterocycles. The van der Waals surface area contributed by atoms with Crippen molar-refractivity contribution in [1.82, 2.24) is 4.57 Å². The molecule has 0 unspecified atom stereocenters. The summed E-state index contributed by atoms with van der Waals surface area (Å²) in [6.45, 7) is 7.98. The highest BCUT2D eigenvalue weighted by molar-refractivity contribution is 6.76. The Morgan fingerprint density at radius 1 is 1.05 bits per heavy atom. The molecule has 0 amide bonds. The Balaban J connectivity index is 0.00000220. The molecule has 0 radical (unpaired) electrons. The minimum absolute atomic E-state index is 0. The number of ether oxygens (including phenoxy) is 1. The maximum atomic E-state index is 5.80. The summed E-state index contributed by atoms with van der Waals surface area (Å²) >= 11 is 0. The van der Waals surface area contributed by atoms with E-state index < -0.39 is 8.07 Å². The van der Waals surface area contributed by atoms with Crippen molar-refractivity contribution >= 4 is 38.6 Å².